The normalized spacial score (nSPS) is 11.6. The summed E-state index contributed by atoms with van der Waals surface area (Å²) < 4.78 is 2.90. The van der Waals surface area contributed by atoms with E-state index in [1.54, 1.807) is 0 Å². The first kappa shape index (κ1) is 52.1. The summed E-state index contributed by atoms with van der Waals surface area (Å²) in [6.45, 7) is -0.974. The summed E-state index contributed by atoms with van der Waals surface area (Å²) >= 11 is 0. The summed E-state index contributed by atoms with van der Waals surface area (Å²) in [4.78, 5) is 0. The quantitative estimate of drug-likeness (QED) is 0.0922. The maximum Gasteiger partial charge on any atom is 0.313 e. The van der Waals surface area contributed by atoms with Gasteiger partial charge in [0.2, 0.25) is 0 Å². The van der Waals surface area contributed by atoms with Gasteiger partial charge < -0.3 is 4.72 Å². The van der Waals surface area contributed by atoms with E-state index in [4.69, 9.17) is 0 Å². The molecule has 0 aliphatic rings. The van der Waals surface area contributed by atoms with Crippen LogP contribution >= 0.6 is 0 Å². The number of hydrogen-bond acceptors (Lipinski definition) is 1. The Labute approximate surface area is 519 Å². The summed E-state index contributed by atoms with van der Waals surface area (Å²) in [6, 6.07) is 130. The minimum atomic E-state index is -0.487. The van der Waals surface area contributed by atoms with Crippen LogP contribution in [-0.4, -0.2) is 13.7 Å². The zero-order chi connectivity index (χ0) is 58.8. The maximum absolute atomic E-state index is 2.90. The molecule has 89 heavy (non-hydrogen) atoms. The van der Waals surface area contributed by atoms with Crippen molar-refractivity contribution in [1.82, 2.24) is 0 Å². The molecule has 17 rings (SSSR count). The van der Waals surface area contributed by atoms with Gasteiger partial charge in [-0.25, -0.2) is 0 Å². The number of benzene rings is 17. The average Bonchev–Trinajstić information content (AvgIpc) is 0.729. The highest BCUT2D eigenvalue weighted by molar-refractivity contribution is 7.10. The van der Waals surface area contributed by atoms with Crippen LogP contribution in [-0.2, 0) is 0 Å². The SMILES string of the molecule is c1ccc(-c2c3ccccc3c(B(c3c4ccccc4c(-c4ccccc4)c4ccccc34)N(B(c3c4ccccc4c(-c4ccccc4)c4ccccc34)c3c4ccccc4c(-c4ccccc4)c4ccccc34)c3ccccc3)c3ccccc23)cc1. The van der Waals surface area contributed by atoms with Gasteiger partial charge in [0.1, 0.15) is 0 Å². The lowest BCUT2D eigenvalue weighted by Gasteiger charge is -2.42. The van der Waals surface area contributed by atoms with Crippen molar-refractivity contribution < 1.29 is 0 Å². The van der Waals surface area contributed by atoms with Crippen LogP contribution in [0.25, 0.3) is 131 Å². The topological polar surface area (TPSA) is 3.24 Å². The van der Waals surface area contributed by atoms with E-state index in [1.807, 2.05) is 0 Å². The molecule has 0 saturated carbocycles. The summed E-state index contributed by atoms with van der Waals surface area (Å²) in [5.41, 5.74) is 15.8. The number of hydrogen-bond donors (Lipinski definition) is 0. The lowest BCUT2D eigenvalue weighted by atomic mass is 9.34. The lowest BCUT2D eigenvalue weighted by molar-refractivity contribution is 1.51. The van der Waals surface area contributed by atoms with E-state index in [0.717, 1.165) is 5.69 Å². The van der Waals surface area contributed by atoms with Gasteiger partial charge in [-0.2, -0.15) is 0 Å². The molecule has 0 atom stereocenters. The van der Waals surface area contributed by atoms with Crippen LogP contribution in [0.5, 0.6) is 0 Å². The molecule has 0 aliphatic heterocycles. The highest BCUT2D eigenvalue weighted by Gasteiger charge is 2.45. The van der Waals surface area contributed by atoms with Gasteiger partial charge in [0.15, 0.2) is 0 Å². The third-order valence-corrected chi connectivity index (χ3v) is 18.8. The third kappa shape index (κ3) is 8.49. The molecule has 0 aliphatic carbocycles. The largest absolute Gasteiger partial charge is 0.445 e. The molecule has 17 aromatic rings. The Morgan fingerprint density at radius 1 is 0.146 bits per heavy atom. The van der Waals surface area contributed by atoms with E-state index in [2.05, 4.69) is 351 Å². The lowest BCUT2D eigenvalue weighted by Crippen LogP contribution is -2.70. The van der Waals surface area contributed by atoms with Crippen LogP contribution in [0.4, 0.5) is 5.69 Å². The Morgan fingerprint density at radius 2 is 0.292 bits per heavy atom. The molecule has 0 aromatic heterocycles. The molecule has 0 fully saturated rings. The van der Waals surface area contributed by atoms with Crippen molar-refractivity contribution >= 4 is 127 Å². The van der Waals surface area contributed by atoms with Crippen molar-refractivity contribution in [3.05, 3.63) is 346 Å². The monoisotopic (exact) mass is 1130 g/mol. The predicted molar refractivity (Wildman–Crippen MR) is 387 cm³/mol. The van der Waals surface area contributed by atoms with Gasteiger partial charge in [-0.05, 0) is 165 Å². The Bertz CT molecular complexity index is 4680. The van der Waals surface area contributed by atoms with Gasteiger partial charge in [0.05, 0.1) is 0 Å². The molecule has 0 unspecified atom stereocenters. The number of fused-ring (bicyclic) bond motifs is 8. The maximum atomic E-state index is 2.90. The molecule has 0 spiro atoms. The molecule has 0 heterocycles. The van der Waals surface area contributed by atoms with E-state index < -0.39 is 13.7 Å². The molecule has 0 amide bonds. The highest BCUT2D eigenvalue weighted by atomic mass is 15.0. The zero-order valence-corrected chi connectivity index (χ0v) is 49.0. The minimum Gasteiger partial charge on any atom is -0.445 e. The molecular weight excluding hydrogens is 1070 g/mol. The highest BCUT2D eigenvalue weighted by Crippen LogP contribution is 2.43. The van der Waals surface area contributed by atoms with Crippen molar-refractivity contribution in [2.75, 3.05) is 4.72 Å². The van der Waals surface area contributed by atoms with Gasteiger partial charge in [-0.15, -0.1) is 0 Å². The van der Waals surface area contributed by atoms with Crippen molar-refractivity contribution in [3.8, 4) is 44.5 Å². The molecule has 0 radical (unpaired) electrons. The molecule has 17 aromatic carbocycles. The number of anilines is 1. The van der Waals surface area contributed by atoms with Crippen molar-refractivity contribution in [1.29, 1.82) is 0 Å². The minimum absolute atomic E-state index is 0.487. The van der Waals surface area contributed by atoms with Gasteiger partial charge in [-0.3, -0.25) is 0 Å². The van der Waals surface area contributed by atoms with Crippen LogP contribution < -0.4 is 26.6 Å². The second-order valence-electron chi connectivity index (χ2n) is 23.5. The fraction of sp³-hybridized carbons (Fsp3) is 0. The second-order valence-corrected chi connectivity index (χ2v) is 23.5. The van der Waals surface area contributed by atoms with Gasteiger partial charge in [-0.1, -0.05) is 334 Å². The van der Waals surface area contributed by atoms with Crippen LogP contribution in [0.2, 0.25) is 0 Å². The number of rotatable bonds is 11. The van der Waals surface area contributed by atoms with Gasteiger partial charge >= 0.3 is 13.7 Å². The second kappa shape index (κ2) is 21.9. The molecule has 0 bridgehead atoms. The first-order valence-corrected chi connectivity index (χ1v) is 31.1. The smallest absolute Gasteiger partial charge is 0.313 e. The van der Waals surface area contributed by atoms with E-state index in [9.17, 15) is 0 Å². The van der Waals surface area contributed by atoms with Crippen molar-refractivity contribution in [2.45, 2.75) is 0 Å². The average molecular weight is 1130 g/mol. The number of nitrogens with zero attached hydrogens (tertiary/aromatic N) is 1. The Hall–Kier alpha value is -11.3. The van der Waals surface area contributed by atoms with Crippen LogP contribution in [0.15, 0.2) is 346 Å². The van der Waals surface area contributed by atoms with E-state index >= 15 is 0 Å². The summed E-state index contributed by atoms with van der Waals surface area (Å²) in [5, 5.41) is 19.3. The Balaban J connectivity index is 1.14. The first-order chi connectivity index (χ1) is 44.3. The molecular formula is C86H57B2N. The van der Waals surface area contributed by atoms with E-state index in [-0.39, 0.29) is 0 Å². The first-order valence-electron chi connectivity index (χ1n) is 31.1. The van der Waals surface area contributed by atoms with Gasteiger partial charge in [0, 0.05) is 5.69 Å². The molecule has 0 N–H and O–H groups in total. The molecule has 3 heteroatoms. The van der Waals surface area contributed by atoms with Crippen LogP contribution in [0, 0.1) is 0 Å². The Morgan fingerprint density at radius 3 is 0.472 bits per heavy atom. The fourth-order valence-corrected chi connectivity index (χ4v) is 15.4. The van der Waals surface area contributed by atoms with E-state index in [1.165, 1.54) is 153 Å². The third-order valence-electron chi connectivity index (χ3n) is 18.8. The fourth-order valence-electron chi connectivity index (χ4n) is 15.4. The number of para-hydroxylation sites is 1. The Kier molecular flexibility index (Phi) is 12.8. The van der Waals surface area contributed by atoms with E-state index in [0.29, 0.717) is 0 Å². The summed E-state index contributed by atoms with van der Waals surface area (Å²) in [7, 11) is 0. The summed E-state index contributed by atoms with van der Waals surface area (Å²) in [6.07, 6.45) is 0. The van der Waals surface area contributed by atoms with Crippen LogP contribution in [0.3, 0.4) is 0 Å². The molecule has 0 saturated heterocycles. The predicted octanol–water partition coefficient (Wildman–Crippen LogP) is 20.0. The zero-order valence-electron chi connectivity index (χ0n) is 49.0. The van der Waals surface area contributed by atoms with Crippen LogP contribution in [0.1, 0.15) is 0 Å². The van der Waals surface area contributed by atoms with Crippen molar-refractivity contribution in [3.63, 3.8) is 0 Å². The van der Waals surface area contributed by atoms with Crippen molar-refractivity contribution in [2.24, 2.45) is 0 Å². The standard InChI is InChI=1S/C86H57B2N/c1-6-32-58(33-7-1)79-63-42-16-24-50-71(63)83(72-51-25-17-43-64(72)79)87(84-73-52-26-18-44-65(73)80(59-34-8-2-9-35-59)66-45-19-27-53-74(66)84)89(62-40-14-5-15-41-62)88(85-75-54-28-20-46-67(75)81(60-36-10-3-11-37-60)68-47-21-29-55-76(68)85)86-77-56-30-22-48-69(77)82(61-38-12-4-13-39-61)70-49-23-31-57-78(70)86/h1-57H. The molecule has 1 nitrogen and oxygen atoms in total. The summed E-state index contributed by atoms with van der Waals surface area (Å²) in [5.74, 6) is 0. The van der Waals surface area contributed by atoms with Gasteiger partial charge in [0.25, 0.3) is 0 Å². The molecule has 412 valence electrons.